The molecule has 0 spiro atoms. The van der Waals surface area contributed by atoms with Gasteiger partial charge in [0.2, 0.25) is 15.9 Å². The van der Waals surface area contributed by atoms with Crippen LogP contribution in [0.25, 0.3) is 0 Å². The lowest BCUT2D eigenvalue weighted by Gasteiger charge is -2.30. The molecule has 0 radical (unpaired) electrons. The summed E-state index contributed by atoms with van der Waals surface area (Å²) >= 11 is 12.0. The average Bonchev–Trinajstić information content (AvgIpc) is 2.72. The van der Waals surface area contributed by atoms with Crippen molar-refractivity contribution in [2.45, 2.75) is 25.5 Å². The zero-order valence-electron chi connectivity index (χ0n) is 16.6. The number of amides is 1. The molecule has 0 unspecified atom stereocenters. The van der Waals surface area contributed by atoms with Crippen LogP contribution in [0.1, 0.15) is 25.3 Å². The van der Waals surface area contributed by atoms with Crippen molar-refractivity contribution in [2.75, 3.05) is 25.0 Å². The number of benzene rings is 2. The summed E-state index contributed by atoms with van der Waals surface area (Å²) < 4.78 is 32.4. The van der Waals surface area contributed by atoms with E-state index in [2.05, 4.69) is 5.32 Å². The number of nitrogens with one attached hydrogen (secondary N) is 1. The Kier molecular flexibility index (Phi) is 7.63. The number of carbonyl (C=O) groups is 1. The molecule has 162 valence electrons. The second kappa shape index (κ2) is 10.0. The molecule has 0 aromatic heterocycles. The highest BCUT2D eigenvalue weighted by molar-refractivity contribution is 7.88. The fourth-order valence-corrected chi connectivity index (χ4v) is 5.52. The summed E-state index contributed by atoms with van der Waals surface area (Å²) in [6, 6.07) is 12.0. The molecule has 0 saturated carbocycles. The van der Waals surface area contributed by atoms with Crippen molar-refractivity contribution in [1.82, 2.24) is 4.31 Å². The molecule has 30 heavy (non-hydrogen) atoms. The standard InChI is InChI=1S/C21H24Cl2N2O4S/c1-2-29-19-7-5-18(6-8-19)24-21(26)15-9-11-25(12-10-15)30(27,28)14-16-3-4-17(22)13-20(16)23/h3-8,13,15H,2,9-12,14H2,1H3,(H,24,26). The van der Waals surface area contributed by atoms with Crippen LogP contribution in [0, 0.1) is 5.92 Å². The van der Waals surface area contributed by atoms with Crippen LogP contribution in [0.15, 0.2) is 42.5 Å². The zero-order valence-corrected chi connectivity index (χ0v) is 18.9. The lowest BCUT2D eigenvalue weighted by molar-refractivity contribution is -0.120. The fraction of sp³-hybridized carbons (Fsp3) is 0.381. The van der Waals surface area contributed by atoms with E-state index in [1.165, 1.54) is 10.4 Å². The van der Waals surface area contributed by atoms with Gasteiger partial charge < -0.3 is 10.1 Å². The lowest BCUT2D eigenvalue weighted by atomic mass is 9.97. The Hall–Kier alpha value is -1.80. The number of ether oxygens (including phenoxy) is 1. The second-order valence-corrected chi connectivity index (χ2v) is 9.92. The SMILES string of the molecule is CCOc1ccc(NC(=O)C2CCN(S(=O)(=O)Cc3ccc(Cl)cc3Cl)CC2)cc1. The van der Waals surface area contributed by atoms with E-state index in [-0.39, 0.29) is 17.6 Å². The van der Waals surface area contributed by atoms with Crippen molar-refractivity contribution in [3.8, 4) is 5.75 Å². The van der Waals surface area contributed by atoms with Gasteiger partial charge in [-0.1, -0.05) is 29.3 Å². The van der Waals surface area contributed by atoms with Gasteiger partial charge in [0.05, 0.1) is 12.4 Å². The van der Waals surface area contributed by atoms with Crippen LogP contribution in [0.4, 0.5) is 5.69 Å². The molecule has 0 atom stereocenters. The molecule has 3 rings (SSSR count). The molecule has 0 aliphatic carbocycles. The van der Waals surface area contributed by atoms with Crippen LogP contribution in [-0.2, 0) is 20.6 Å². The first kappa shape index (κ1) is 22.9. The quantitative estimate of drug-likeness (QED) is 0.642. The number of nitrogens with zero attached hydrogens (tertiary/aromatic N) is 1. The first-order valence-corrected chi connectivity index (χ1v) is 12.1. The molecule has 1 amide bonds. The molecule has 1 aliphatic heterocycles. The van der Waals surface area contributed by atoms with E-state index in [0.29, 0.717) is 53.8 Å². The van der Waals surface area contributed by atoms with Gasteiger partial charge in [-0.2, -0.15) is 0 Å². The highest BCUT2D eigenvalue weighted by Gasteiger charge is 2.31. The van der Waals surface area contributed by atoms with Gasteiger partial charge in [0.15, 0.2) is 0 Å². The summed E-state index contributed by atoms with van der Waals surface area (Å²) in [6.45, 7) is 3.09. The number of halogens is 2. The van der Waals surface area contributed by atoms with Gasteiger partial charge >= 0.3 is 0 Å². The number of rotatable bonds is 7. The summed E-state index contributed by atoms with van der Waals surface area (Å²) in [4.78, 5) is 12.6. The minimum Gasteiger partial charge on any atom is -0.494 e. The van der Waals surface area contributed by atoms with E-state index >= 15 is 0 Å². The summed E-state index contributed by atoms with van der Waals surface area (Å²) in [6.07, 6.45) is 0.937. The Morgan fingerprint density at radius 1 is 1.13 bits per heavy atom. The maximum Gasteiger partial charge on any atom is 0.227 e. The molecule has 2 aromatic carbocycles. The van der Waals surface area contributed by atoms with E-state index in [0.717, 1.165) is 5.75 Å². The van der Waals surface area contributed by atoms with Gasteiger partial charge in [0, 0.05) is 34.7 Å². The van der Waals surface area contributed by atoms with Gasteiger partial charge in [-0.05, 0) is 61.7 Å². The van der Waals surface area contributed by atoms with Crippen LogP contribution < -0.4 is 10.1 Å². The largest absolute Gasteiger partial charge is 0.494 e. The normalized spacial score (nSPS) is 15.7. The van der Waals surface area contributed by atoms with Crippen LogP contribution >= 0.6 is 23.2 Å². The van der Waals surface area contributed by atoms with Crippen molar-refractivity contribution in [2.24, 2.45) is 5.92 Å². The number of carbonyl (C=O) groups excluding carboxylic acids is 1. The van der Waals surface area contributed by atoms with Gasteiger partial charge in [-0.15, -0.1) is 0 Å². The third kappa shape index (κ3) is 5.88. The molecule has 9 heteroatoms. The molecule has 1 heterocycles. The van der Waals surface area contributed by atoms with Crippen molar-refractivity contribution in [3.63, 3.8) is 0 Å². The average molecular weight is 471 g/mol. The third-order valence-corrected chi connectivity index (χ3v) is 7.42. The highest BCUT2D eigenvalue weighted by atomic mass is 35.5. The molecule has 6 nitrogen and oxygen atoms in total. The summed E-state index contributed by atoms with van der Waals surface area (Å²) in [7, 11) is -3.53. The molecule has 1 saturated heterocycles. The van der Waals surface area contributed by atoms with Crippen molar-refractivity contribution >= 4 is 44.8 Å². The molecule has 2 aromatic rings. The minimum atomic E-state index is -3.53. The van der Waals surface area contributed by atoms with Gasteiger partial charge in [0.25, 0.3) is 0 Å². The Balaban J connectivity index is 1.54. The van der Waals surface area contributed by atoms with E-state index in [4.69, 9.17) is 27.9 Å². The van der Waals surface area contributed by atoms with E-state index < -0.39 is 10.0 Å². The predicted octanol–water partition coefficient (Wildman–Crippen LogP) is 4.57. The molecule has 1 N–H and O–H groups in total. The molecular weight excluding hydrogens is 447 g/mol. The smallest absolute Gasteiger partial charge is 0.227 e. The highest BCUT2D eigenvalue weighted by Crippen LogP contribution is 2.27. The summed E-state index contributed by atoms with van der Waals surface area (Å²) in [5, 5.41) is 3.68. The predicted molar refractivity (Wildman–Crippen MR) is 120 cm³/mol. The number of sulfonamides is 1. The first-order chi connectivity index (χ1) is 14.3. The second-order valence-electron chi connectivity index (χ2n) is 7.11. The first-order valence-electron chi connectivity index (χ1n) is 9.74. The van der Waals surface area contributed by atoms with Crippen molar-refractivity contribution in [3.05, 3.63) is 58.1 Å². The Morgan fingerprint density at radius 2 is 1.80 bits per heavy atom. The Labute approximate surface area is 187 Å². The molecule has 1 aliphatic rings. The summed E-state index contributed by atoms with van der Waals surface area (Å²) in [5.41, 5.74) is 1.20. The molecule has 1 fully saturated rings. The number of anilines is 1. The Morgan fingerprint density at radius 3 is 2.40 bits per heavy atom. The van der Waals surface area contributed by atoms with E-state index in [9.17, 15) is 13.2 Å². The number of piperidine rings is 1. The van der Waals surface area contributed by atoms with E-state index in [1.807, 2.05) is 6.92 Å². The van der Waals surface area contributed by atoms with Crippen molar-refractivity contribution < 1.29 is 17.9 Å². The van der Waals surface area contributed by atoms with Gasteiger partial charge in [0.1, 0.15) is 5.75 Å². The van der Waals surface area contributed by atoms with E-state index in [1.54, 1.807) is 36.4 Å². The maximum atomic E-state index is 12.8. The number of hydrogen-bond donors (Lipinski definition) is 1. The molecular formula is C21H24Cl2N2O4S. The number of hydrogen-bond acceptors (Lipinski definition) is 4. The van der Waals surface area contributed by atoms with Crippen LogP contribution in [-0.4, -0.2) is 38.3 Å². The lowest BCUT2D eigenvalue weighted by Crippen LogP contribution is -2.41. The van der Waals surface area contributed by atoms with Crippen LogP contribution in [0.5, 0.6) is 5.75 Å². The van der Waals surface area contributed by atoms with Gasteiger partial charge in [-0.25, -0.2) is 12.7 Å². The van der Waals surface area contributed by atoms with Crippen LogP contribution in [0.3, 0.4) is 0 Å². The Bertz CT molecular complexity index is 989. The fourth-order valence-electron chi connectivity index (χ4n) is 3.37. The monoisotopic (exact) mass is 470 g/mol. The maximum absolute atomic E-state index is 12.8. The van der Waals surface area contributed by atoms with Crippen molar-refractivity contribution in [1.29, 1.82) is 0 Å². The summed E-state index contributed by atoms with van der Waals surface area (Å²) in [5.74, 6) is 0.223. The zero-order chi connectivity index (χ0) is 21.7. The minimum absolute atomic E-state index is 0.100. The van der Waals surface area contributed by atoms with Gasteiger partial charge in [-0.3, -0.25) is 4.79 Å². The topological polar surface area (TPSA) is 75.7 Å². The third-order valence-electron chi connectivity index (χ3n) is 5.00. The molecule has 0 bridgehead atoms. The van der Waals surface area contributed by atoms with Crippen LogP contribution in [0.2, 0.25) is 10.0 Å².